The van der Waals surface area contributed by atoms with Crippen molar-refractivity contribution in [2.45, 2.75) is 20.0 Å². The van der Waals surface area contributed by atoms with Crippen molar-refractivity contribution in [2.75, 3.05) is 17.7 Å². The SMILES string of the molecule is CNc1ccc([N+](=O)[O-])cc1C(=O)O[C@H](C)C(=O)Nc1cccc(C)c1. The van der Waals surface area contributed by atoms with Gasteiger partial charge in [-0.1, -0.05) is 12.1 Å². The molecule has 2 aromatic rings. The number of hydrogen-bond donors (Lipinski definition) is 2. The molecule has 1 atom stereocenters. The van der Waals surface area contributed by atoms with E-state index in [1.165, 1.54) is 19.1 Å². The van der Waals surface area contributed by atoms with Crippen LogP contribution in [-0.2, 0) is 9.53 Å². The summed E-state index contributed by atoms with van der Waals surface area (Å²) in [5.74, 6) is -1.33. The molecule has 0 aliphatic heterocycles. The van der Waals surface area contributed by atoms with Crippen molar-refractivity contribution in [3.8, 4) is 0 Å². The number of nitro groups is 1. The number of carbonyl (C=O) groups excluding carboxylic acids is 2. The average Bonchev–Trinajstić information content (AvgIpc) is 2.60. The van der Waals surface area contributed by atoms with E-state index < -0.39 is 22.9 Å². The molecule has 2 rings (SSSR count). The van der Waals surface area contributed by atoms with Gasteiger partial charge in [-0.05, 0) is 37.6 Å². The summed E-state index contributed by atoms with van der Waals surface area (Å²) in [4.78, 5) is 34.9. The number of hydrogen-bond acceptors (Lipinski definition) is 6. The number of ether oxygens (including phenoxy) is 1. The van der Waals surface area contributed by atoms with Crippen LogP contribution in [0.3, 0.4) is 0 Å². The quantitative estimate of drug-likeness (QED) is 0.467. The number of esters is 1. The van der Waals surface area contributed by atoms with E-state index in [-0.39, 0.29) is 11.3 Å². The van der Waals surface area contributed by atoms with Crippen LogP contribution in [0.15, 0.2) is 42.5 Å². The zero-order valence-electron chi connectivity index (χ0n) is 14.6. The van der Waals surface area contributed by atoms with Gasteiger partial charge >= 0.3 is 5.97 Å². The molecule has 0 heterocycles. The molecule has 8 nitrogen and oxygen atoms in total. The van der Waals surface area contributed by atoms with E-state index in [1.807, 2.05) is 13.0 Å². The molecule has 1 amide bonds. The second-order valence-electron chi connectivity index (χ2n) is 5.64. The Morgan fingerprint density at radius 3 is 2.54 bits per heavy atom. The molecule has 0 unspecified atom stereocenters. The van der Waals surface area contributed by atoms with Crippen molar-refractivity contribution in [3.63, 3.8) is 0 Å². The van der Waals surface area contributed by atoms with Crippen LogP contribution >= 0.6 is 0 Å². The average molecular weight is 357 g/mol. The minimum absolute atomic E-state index is 0.0168. The van der Waals surface area contributed by atoms with Crippen LogP contribution in [0.25, 0.3) is 0 Å². The maximum absolute atomic E-state index is 12.4. The zero-order valence-corrected chi connectivity index (χ0v) is 14.6. The maximum atomic E-state index is 12.4. The highest BCUT2D eigenvalue weighted by atomic mass is 16.6. The Bertz CT molecular complexity index is 850. The van der Waals surface area contributed by atoms with E-state index in [4.69, 9.17) is 4.74 Å². The smallest absolute Gasteiger partial charge is 0.341 e. The van der Waals surface area contributed by atoms with Crippen LogP contribution in [0.5, 0.6) is 0 Å². The molecule has 26 heavy (non-hydrogen) atoms. The lowest BCUT2D eigenvalue weighted by atomic mass is 10.1. The summed E-state index contributed by atoms with van der Waals surface area (Å²) in [5, 5.41) is 16.3. The number of nitrogens with zero attached hydrogens (tertiary/aromatic N) is 1. The minimum atomic E-state index is -1.08. The Morgan fingerprint density at radius 2 is 1.92 bits per heavy atom. The van der Waals surface area contributed by atoms with Crippen molar-refractivity contribution in [2.24, 2.45) is 0 Å². The first-order valence-corrected chi connectivity index (χ1v) is 7.86. The van der Waals surface area contributed by atoms with Gasteiger partial charge in [0.15, 0.2) is 6.10 Å². The van der Waals surface area contributed by atoms with Gasteiger partial charge in [-0.3, -0.25) is 14.9 Å². The fourth-order valence-electron chi connectivity index (χ4n) is 2.28. The summed E-state index contributed by atoms with van der Waals surface area (Å²) in [7, 11) is 1.58. The van der Waals surface area contributed by atoms with Gasteiger partial charge in [0.1, 0.15) is 0 Å². The maximum Gasteiger partial charge on any atom is 0.341 e. The lowest BCUT2D eigenvalue weighted by molar-refractivity contribution is -0.384. The van der Waals surface area contributed by atoms with Gasteiger partial charge in [-0.15, -0.1) is 0 Å². The molecular weight excluding hydrogens is 338 g/mol. The van der Waals surface area contributed by atoms with E-state index in [0.29, 0.717) is 11.4 Å². The third-order valence-corrected chi connectivity index (χ3v) is 3.64. The number of aryl methyl sites for hydroxylation is 1. The van der Waals surface area contributed by atoms with Crippen molar-refractivity contribution in [3.05, 3.63) is 63.7 Å². The summed E-state index contributed by atoms with van der Waals surface area (Å²) in [6.07, 6.45) is -1.08. The predicted molar refractivity (Wildman–Crippen MR) is 97.3 cm³/mol. The molecule has 0 radical (unpaired) electrons. The van der Waals surface area contributed by atoms with Gasteiger partial charge in [-0.25, -0.2) is 4.79 Å². The number of nitrogens with one attached hydrogen (secondary N) is 2. The van der Waals surface area contributed by atoms with Crippen molar-refractivity contribution < 1.29 is 19.2 Å². The van der Waals surface area contributed by atoms with Gasteiger partial charge in [0, 0.05) is 30.6 Å². The Hall–Kier alpha value is -3.42. The fourth-order valence-corrected chi connectivity index (χ4v) is 2.28. The summed E-state index contributed by atoms with van der Waals surface area (Å²) in [6, 6.07) is 11.0. The van der Waals surface area contributed by atoms with Crippen LogP contribution in [0.1, 0.15) is 22.8 Å². The standard InChI is InChI=1S/C18H19N3O5/c1-11-5-4-6-13(9-11)20-17(22)12(2)26-18(23)15-10-14(21(24)25)7-8-16(15)19-3/h4-10,12,19H,1-3H3,(H,20,22)/t12-/m1/s1. The molecule has 2 N–H and O–H groups in total. The first-order chi connectivity index (χ1) is 12.3. The third kappa shape index (κ3) is 4.56. The highest BCUT2D eigenvalue weighted by molar-refractivity contribution is 6.00. The minimum Gasteiger partial charge on any atom is -0.449 e. The second kappa shape index (κ2) is 8.11. The normalized spacial score (nSPS) is 11.3. The van der Waals surface area contributed by atoms with Crippen LogP contribution in [0.2, 0.25) is 0 Å². The van der Waals surface area contributed by atoms with Crippen LogP contribution in [0.4, 0.5) is 17.1 Å². The van der Waals surface area contributed by atoms with Gasteiger partial charge in [0.25, 0.3) is 11.6 Å². The van der Waals surface area contributed by atoms with Crippen LogP contribution in [0, 0.1) is 17.0 Å². The van der Waals surface area contributed by atoms with Crippen LogP contribution in [-0.4, -0.2) is 30.0 Å². The van der Waals surface area contributed by atoms with Crippen molar-refractivity contribution in [1.29, 1.82) is 0 Å². The molecule has 8 heteroatoms. The Balaban J connectivity index is 2.12. The molecule has 0 fully saturated rings. The molecule has 0 spiro atoms. The van der Waals surface area contributed by atoms with E-state index >= 15 is 0 Å². The number of non-ortho nitro benzene ring substituents is 1. The summed E-state index contributed by atoms with van der Waals surface area (Å²) in [5.41, 5.74) is 1.67. The first-order valence-electron chi connectivity index (χ1n) is 7.86. The van der Waals surface area contributed by atoms with E-state index in [9.17, 15) is 19.7 Å². The summed E-state index contributed by atoms with van der Waals surface area (Å²) in [6.45, 7) is 3.32. The molecule has 136 valence electrons. The zero-order chi connectivity index (χ0) is 19.3. The molecule has 0 aromatic heterocycles. The van der Waals surface area contributed by atoms with Crippen LogP contribution < -0.4 is 10.6 Å². The molecular formula is C18H19N3O5. The lowest BCUT2D eigenvalue weighted by Gasteiger charge is -2.15. The number of nitro benzene ring substituents is 1. The van der Waals surface area contributed by atoms with Gasteiger partial charge in [0.05, 0.1) is 10.5 Å². The molecule has 0 bridgehead atoms. The number of benzene rings is 2. The predicted octanol–water partition coefficient (Wildman–Crippen LogP) is 3.13. The monoisotopic (exact) mass is 357 g/mol. The van der Waals surface area contributed by atoms with E-state index in [0.717, 1.165) is 11.6 Å². The Labute approximate surface area is 150 Å². The largest absolute Gasteiger partial charge is 0.449 e. The highest BCUT2D eigenvalue weighted by Crippen LogP contribution is 2.23. The molecule has 0 aliphatic rings. The van der Waals surface area contributed by atoms with Gasteiger partial charge in [0.2, 0.25) is 0 Å². The Morgan fingerprint density at radius 1 is 1.19 bits per heavy atom. The molecule has 0 aliphatic carbocycles. The van der Waals surface area contributed by atoms with Crippen molar-refractivity contribution in [1.82, 2.24) is 0 Å². The number of anilines is 2. The van der Waals surface area contributed by atoms with Crippen molar-refractivity contribution >= 4 is 28.9 Å². The lowest BCUT2D eigenvalue weighted by Crippen LogP contribution is -2.30. The van der Waals surface area contributed by atoms with Gasteiger partial charge < -0.3 is 15.4 Å². The molecule has 0 saturated heterocycles. The fraction of sp³-hybridized carbons (Fsp3) is 0.222. The number of rotatable bonds is 6. The molecule has 0 saturated carbocycles. The highest BCUT2D eigenvalue weighted by Gasteiger charge is 2.23. The molecule has 2 aromatic carbocycles. The summed E-state index contributed by atoms with van der Waals surface area (Å²) < 4.78 is 5.16. The number of amides is 1. The topological polar surface area (TPSA) is 111 Å². The van der Waals surface area contributed by atoms with E-state index in [1.54, 1.807) is 25.2 Å². The first kappa shape index (κ1) is 18.9. The third-order valence-electron chi connectivity index (χ3n) is 3.64. The number of carbonyl (C=O) groups is 2. The second-order valence-corrected chi connectivity index (χ2v) is 5.64. The summed E-state index contributed by atoms with van der Waals surface area (Å²) >= 11 is 0. The Kier molecular flexibility index (Phi) is 5.90. The van der Waals surface area contributed by atoms with E-state index in [2.05, 4.69) is 10.6 Å². The van der Waals surface area contributed by atoms with Gasteiger partial charge in [-0.2, -0.15) is 0 Å².